The molecule has 0 bridgehead atoms. The molecule has 0 aliphatic heterocycles. The summed E-state index contributed by atoms with van der Waals surface area (Å²) in [6.45, 7) is 8.87. The van der Waals surface area contributed by atoms with Crippen LogP contribution < -0.4 is 0 Å². The molecule has 0 radical (unpaired) electrons. The van der Waals surface area contributed by atoms with Crippen molar-refractivity contribution < 1.29 is 4.84 Å². The van der Waals surface area contributed by atoms with Crippen molar-refractivity contribution >= 4 is 6.21 Å². The molecule has 0 heterocycles. The summed E-state index contributed by atoms with van der Waals surface area (Å²) in [5, 5.41) is 3.94. The first kappa shape index (κ1) is 11.8. The van der Waals surface area contributed by atoms with Gasteiger partial charge in [0.1, 0.15) is 6.61 Å². The standard InChI is InChI=1S/C13H19NO/c1-11-5-7-12(8-6-11)9-15-14-10-13(2,3)4/h5-8,10H,9H2,1-4H3. The lowest BCUT2D eigenvalue weighted by molar-refractivity contribution is 0.129. The molecule has 15 heavy (non-hydrogen) atoms. The van der Waals surface area contributed by atoms with Gasteiger partial charge in [-0.1, -0.05) is 55.8 Å². The van der Waals surface area contributed by atoms with Crippen molar-refractivity contribution in [1.82, 2.24) is 0 Å². The van der Waals surface area contributed by atoms with Crippen LogP contribution in [0.1, 0.15) is 31.9 Å². The number of oxime groups is 1. The fourth-order valence-corrected chi connectivity index (χ4v) is 0.991. The van der Waals surface area contributed by atoms with Crippen molar-refractivity contribution in [3.63, 3.8) is 0 Å². The molecular formula is C13H19NO. The summed E-state index contributed by atoms with van der Waals surface area (Å²) in [6, 6.07) is 8.27. The molecule has 0 atom stereocenters. The van der Waals surface area contributed by atoms with E-state index >= 15 is 0 Å². The van der Waals surface area contributed by atoms with E-state index in [-0.39, 0.29) is 5.41 Å². The Labute approximate surface area is 91.9 Å². The molecule has 0 aromatic heterocycles. The highest BCUT2D eigenvalue weighted by Gasteiger charge is 2.04. The van der Waals surface area contributed by atoms with Gasteiger partial charge in [0.15, 0.2) is 0 Å². The lowest BCUT2D eigenvalue weighted by atomic mass is 10.00. The van der Waals surface area contributed by atoms with Gasteiger partial charge in [0.25, 0.3) is 0 Å². The van der Waals surface area contributed by atoms with Gasteiger partial charge in [-0.15, -0.1) is 0 Å². The molecule has 0 fully saturated rings. The molecule has 0 spiro atoms. The number of nitrogens with zero attached hydrogens (tertiary/aromatic N) is 1. The number of benzene rings is 1. The normalized spacial score (nSPS) is 12.0. The van der Waals surface area contributed by atoms with Crippen molar-refractivity contribution in [3.05, 3.63) is 35.4 Å². The largest absolute Gasteiger partial charge is 0.391 e. The van der Waals surface area contributed by atoms with E-state index in [1.54, 1.807) is 0 Å². The minimum atomic E-state index is 0.0767. The second-order valence-corrected chi connectivity index (χ2v) is 4.86. The fraction of sp³-hybridized carbons (Fsp3) is 0.462. The lowest BCUT2D eigenvalue weighted by Gasteiger charge is -2.09. The number of hydrogen-bond acceptors (Lipinski definition) is 2. The van der Waals surface area contributed by atoms with E-state index in [1.807, 2.05) is 6.21 Å². The second-order valence-electron chi connectivity index (χ2n) is 4.86. The molecule has 82 valence electrons. The van der Waals surface area contributed by atoms with Gasteiger partial charge < -0.3 is 4.84 Å². The predicted octanol–water partition coefficient (Wildman–Crippen LogP) is 3.54. The molecule has 0 N–H and O–H groups in total. The average Bonchev–Trinajstić information content (AvgIpc) is 2.14. The first-order chi connectivity index (χ1) is 6.97. The molecule has 2 heteroatoms. The van der Waals surface area contributed by atoms with Crippen LogP contribution >= 0.6 is 0 Å². The molecule has 0 aliphatic rings. The van der Waals surface area contributed by atoms with Crippen LogP contribution in [0, 0.1) is 12.3 Å². The smallest absolute Gasteiger partial charge is 0.142 e. The molecule has 0 saturated heterocycles. The Morgan fingerprint density at radius 3 is 2.33 bits per heavy atom. The predicted molar refractivity (Wildman–Crippen MR) is 63.9 cm³/mol. The van der Waals surface area contributed by atoms with Gasteiger partial charge in [-0.05, 0) is 12.5 Å². The molecule has 0 saturated carbocycles. The first-order valence-electron chi connectivity index (χ1n) is 5.19. The molecular weight excluding hydrogens is 186 g/mol. The zero-order chi connectivity index (χ0) is 11.3. The van der Waals surface area contributed by atoms with Gasteiger partial charge in [0.2, 0.25) is 0 Å². The van der Waals surface area contributed by atoms with Gasteiger partial charge in [-0.25, -0.2) is 0 Å². The van der Waals surface area contributed by atoms with Crippen molar-refractivity contribution in [2.75, 3.05) is 0 Å². The van der Waals surface area contributed by atoms with Crippen LogP contribution in [-0.2, 0) is 11.4 Å². The Bertz CT molecular complexity index is 319. The summed E-state index contributed by atoms with van der Waals surface area (Å²) in [4.78, 5) is 5.21. The summed E-state index contributed by atoms with van der Waals surface area (Å²) in [5.74, 6) is 0. The van der Waals surface area contributed by atoms with Crippen molar-refractivity contribution in [2.24, 2.45) is 10.6 Å². The molecule has 1 rings (SSSR count). The maximum absolute atomic E-state index is 5.21. The van der Waals surface area contributed by atoms with Crippen LogP contribution in [0.3, 0.4) is 0 Å². The van der Waals surface area contributed by atoms with Crippen molar-refractivity contribution in [3.8, 4) is 0 Å². The minimum absolute atomic E-state index is 0.0767. The van der Waals surface area contributed by atoms with Gasteiger partial charge in [-0.3, -0.25) is 0 Å². The number of hydrogen-bond donors (Lipinski definition) is 0. The van der Waals surface area contributed by atoms with Crippen LogP contribution in [0.2, 0.25) is 0 Å². The highest BCUT2D eigenvalue weighted by molar-refractivity contribution is 5.63. The third kappa shape index (κ3) is 5.21. The zero-order valence-corrected chi connectivity index (χ0v) is 9.95. The minimum Gasteiger partial charge on any atom is -0.391 e. The van der Waals surface area contributed by atoms with Crippen LogP contribution in [-0.4, -0.2) is 6.21 Å². The van der Waals surface area contributed by atoms with Crippen LogP contribution in [0.25, 0.3) is 0 Å². The third-order valence-corrected chi connectivity index (χ3v) is 1.87. The summed E-state index contributed by atoms with van der Waals surface area (Å²) >= 11 is 0. The number of rotatable bonds is 3. The molecule has 1 aromatic rings. The van der Waals surface area contributed by atoms with E-state index < -0.39 is 0 Å². The van der Waals surface area contributed by atoms with Crippen LogP contribution in [0.4, 0.5) is 0 Å². The van der Waals surface area contributed by atoms with Gasteiger partial charge in [0, 0.05) is 11.6 Å². The summed E-state index contributed by atoms with van der Waals surface area (Å²) in [5.41, 5.74) is 2.48. The maximum Gasteiger partial charge on any atom is 0.142 e. The molecule has 2 nitrogen and oxygen atoms in total. The maximum atomic E-state index is 5.21. The van der Waals surface area contributed by atoms with E-state index in [1.165, 1.54) is 5.56 Å². The first-order valence-corrected chi connectivity index (χ1v) is 5.19. The van der Waals surface area contributed by atoms with Crippen molar-refractivity contribution in [1.29, 1.82) is 0 Å². The SMILES string of the molecule is Cc1ccc(CON=CC(C)(C)C)cc1. The van der Waals surface area contributed by atoms with E-state index in [2.05, 4.69) is 57.1 Å². The monoisotopic (exact) mass is 205 g/mol. The van der Waals surface area contributed by atoms with E-state index in [9.17, 15) is 0 Å². The Morgan fingerprint density at radius 2 is 1.80 bits per heavy atom. The van der Waals surface area contributed by atoms with E-state index in [0.29, 0.717) is 6.61 Å². The Kier molecular flexibility index (Phi) is 3.89. The van der Waals surface area contributed by atoms with Gasteiger partial charge >= 0.3 is 0 Å². The third-order valence-electron chi connectivity index (χ3n) is 1.87. The molecule has 0 unspecified atom stereocenters. The Morgan fingerprint density at radius 1 is 1.20 bits per heavy atom. The lowest BCUT2D eigenvalue weighted by Crippen LogP contribution is -2.06. The topological polar surface area (TPSA) is 21.6 Å². The Balaban J connectivity index is 2.38. The van der Waals surface area contributed by atoms with Crippen molar-refractivity contribution in [2.45, 2.75) is 34.3 Å². The molecule has 0 amide bonds. The van der Waals surface area contributed by atoms with Gasteiger partial charge in [0.05, 0.1) is 0 Å². The molecule has 0 aliphatic carbocycles. The number of aryl methyl sites for hydroxylation is 1. The molecule has 1 aromatic carbocycles. The summed E-state index contributed by atoms with van der Waals surface area (Å²) in [6.07, 6.45) is 1.82. The quantitative estimate of drug-likeness (QED) is 0.546. The fourth-order valence-electron chi connectivity index (χ4n) is 0.991. The average molecular weight is 205 g/mol. The van der Waals surface area contributed by atoms with Gasteiger partial charge in [-0.2, -0.15) is 0 Å². The zero-order valence-electron chi connectivity index (χ0n) is 9.95. The highest BCUT2D eigenvalue weighted by atomic mass is 16.6. The van der Waals surface area contributed by atoms with Crippen LogP contribution in [0.5, 0.6) is 0 Å². The highest BCUT2D eigenvalue weighted by Crippen LogP contribution is 2.09. The van der Waals surface area contributed by atoms with E-state index in [4.69, 9.17) is 4.84 Å². The summed E-state index contributed by atoms with van der Waals surface area (Å²) < 4.78 is 0. The van der Waals surface area contributed by atoms with E-state index in [0.717, 1.165) is 5.56 Å². The second kappa shape index (κ2) is 4.96. The Hall–Kier alpha value is -1.31. The summed E-state index contributed by atoms with van der Waals surface area (Å²) in [7, 11) is 0. The van der Waals surface area contributed by atoms with Crippen LogP contribution in [0.15, 0.2) is 29.4 Å².